The fourth-order valence-corrected chi connectivity index (χ4v) is 2.21. The zero-order valence-corrected chi connectivity index (χ0v) is 10.5. The van der Waals surface area contributed by atoms with E-state index >= 15 is 0 Å². The highest BCUT2D eigenvalue weighted by Crippen LogP contribution is 2.24. The summed E-state index contributed by atoms with van der Waals surface area (Å²) in [6.07, 6.45) is 0. The summed E-state index contributed by atoms with van der Waals surface area (Å²) in [7, 11) is 0. The predicted molar refractivity (Wildman–Crippen MR) is 73.1 cm³/mol. The number of nitrogens with zero attached hydrogens (tertiary/aromatic N) is 1. The second kappa shape index (κ2) is 4.06. The Morgan fingerprint density at radius 2 is 1.65 bits per heavy atom. The summed E-state index contributed by atoms with van der Waals surface area (Å²) in [4.78, 5) is 34.9. The smallest absolute Gasteiger partial charge is 0.279 e. The molecule has 2 aromatic carbocycles. The van der Waals surface area contributed by atoms with Crippen LogP contribution in [0.15, 0.2) is 44.7 Å². The number of H-pyrrole nitrogens is 1. The van der Waals surface area contributed by atoms with Crippen molar-refractivity contribution in [3.05, 3.63) is 66.8 Å². The predicted octanol–water partition coefficient (Wildman–Crippen LogP) is 0.443. The van der Waals surface area contributed by atoms with Crippen molar-refractivity contribution < 1.29 is 5.11 Å². The molecule has 0 atom stereocenters. The quantitative estimate of drug-likeness (QED) is 0.661. The van der Waals surface area contributed by atoms with Crippen LogP contribution in [-0.2, 0) is 0 Å². The van der Waals surface area contributed by atoms with Crippen LogP contribution in [0.2, 0.25) is 0 Å². The number of aromatic nitrogens is 2. The third-order valence-corrected chi connectivity index (χ3v) is 3.22. The number of hydrogen-bond acceptors (Lipinski definition) is 4. The molecule has 1 aromatic heterocycles. The van der Waals surface area contributed by atoms with Crippen molar-refractivity contribution in [2.75, 3.05) is 0 Å². The fraction of sp³-hybridized carbons (Fsp3) is 0.0714. The highest BCUT2D eigenvalue weighted by Gasteiger charge is 2.27. The topological polar surface area (TPSA) is 92.2 Å². The zero-order valence-electron chi connectivity index (χ0n) is 10.5. The molecule has 0 fully saturated rings. The molecule has 0 aliphatic carbocycles. The first-order valence-corrected chi connectivity index (χ1v) is 5.92. The van der Waals surface area contributed by atoms with Gasteiger partial charge in [0.25, 0.3) is 11.0 Å². The number of nitrogens with one attached hydrogen (secondary N) is 1. The lowest BCUT2D eigenvalue weighted by Gasteiger charge is -2.02. The second-order valence-electron chi connectivity index (χ2n) is 4.47. The molecule has 0 unspecified atom stereocenters. The Morgan fingerprint density at radius 1 is 1.00 bits per heavy atom. The van der Waals surface area contributed by atoms with E-state index in [1.54, 1.807) is 31.2 Å². The Labute approximate surface area is 112 Å². The van der Waals surface area contributed by atoms with Crippen LogP contribution in [0.4, 0.5) is 0 Å². The Morgan fingerprint density at radius 3 is 2.25 bits per heavy atom. The van der Waals surface area contributed by atoms with Crippen molar-refractivity contribution in [2.45, 2.75) is 6.92 Å². The number of aromatic amines is 1. The van der Waals surface area contributed by atoms with Gasteiger partial charge in [-0.1, -0.05) is 18.2 Å². The van der Waals surface area contributed by atoms with E-state index in [4.69, 9.17) is 0 Å². The summed E-state index contributed by atoms with van der Waals surface area (Å²) in [6, 6.07) is 8.80. The molecule has 0 bridgehead atoms. The molecule has 6 nitrogen and oxygen atoms in total. The maximum Gasteiger partial charge on any atom is 0.279 e. The molecule has 0 amide bonds. The highest BCUT2D eigenvalue weighted by molar-refractivity contribution is 5.74. The van der Waals surface area contributed by atoms with Crippen LogP contribution in [0.25, 0.3) is 16.8 Å². The number of hydrogen-bond donors (Lipinski definition) is 2. The van der Waals surface area contributed by atoms with Crippen LogP contribution < -0.4 is 16.4 Å². The van der Waals surface area contributed by atoms with E-state index in [-0.39, 0.29) is 11.1 Å². The standard InChI is InChI=1S/C14H10N2O4/c1-7-9(10-11(17)13(19)12(10)18)14(20)16(15-7)8-5-3-2-4-6-8/h2-6,15,17H,1H3. The van der Waals surface area contributed by atoms with Gasteiger partial charge in [0.05, 0.1) is 16.8 Å². The van der Waals surface area contributed by atoms with Gasteiger partial charge < -0.3 is 5.11 Å². The highest BCUT2D eigenvalue weighted by atomic mass is 16.3. The van der Waals surface area contributed by atoms with Crippen LogP contribution >= 0.6 is 0 Å². The molecular weight excluding hydrogens is 260 g/mol. The van der Waals surface area contributed by atoms with Gasteiger partial charge in [0, 0.05) is 5.69 Å². The molecule has 0 aliphatic heterocycles. The summed E-state index contributed by atoms with van der Waals surface area (Å²) in [5.74, 6) is -0.644. The molecular formula is C14H10N2O4. The molecule has 6 heteroatoms. The number of rotatable bonds is 2. The van der Waals surface area contributed by atoms with E-state index in [2.05, 4.69) is 5.10 Å². The molecule has 100 valence electrons. The van der Waals surface area contributed by atoms with Crippen LogP contribution in [0.3, 0.4) is 0 Å². The summed E-state index contributed by atoms with van der Waals surface area (Å²) >= 11 is 0. The van der Waals surface area contributed by atoms with Gasteiger partial charge in [-0.25, -0.2) is 4.68 Å². The molecule has 2 N–H and O–H groups in total. The van der Waals surface area contributed by atoms with Gasteiger partial charge in [-0.2, -0.15) is 0 Å². The van der Waals surface area contributed by atoms with Gasteiger partial charge in [0.1, 0.15) is 0 Å². The first-order valence-electron chi connectivity index (χ1n) is 5.92. The average Bonchev–Trinajstić information content (AvgIpc) is 2.76. The fourth-order valence-electron chi connectivity index (χ4n) is 2.21. The van der Waals surface area contributed by atoms with Crippen molar-refractivity contribution >= 4 is 0 Å². The third kappa shape index (κ3) is 1.48. The van der Waals surface area contributed by atoms with Crippen molar-refractivity contribution in [3.8, 4) is 22.6 Å². The SMILES string of the molecule is Cc1[nH]n(-c2ccccc2)c(=O)c1-c1c(O)c(=O)c1=O. The van der Waals surface area contributed by atoms with E-state index < -0.39 is 22.2 Å². The minimum atomic E-state index is -0.953. The largest absolute Gasteiger partial charge is 0.503 e. The van der Waals surface area contributed by atoms with Gasteiger partial charge in [-0.15, -0.1) is 0 Å². The molecule has 0 aliphatic rings. The van der Waals surface area contributed by atoms with Crippen LogP contribution in [-0.4, -0.2) is 14.9 Å². The van der Waals surface area contributed by atoms with Gasteiger partial charge in [0.15, 0.2) is 5.75 Å². The Balaban J connectivity index is 2.27. The monoisotopic (exact) mass is 270 g/mol. The lowest BCUT2D eigenvalue weighted by Crippen LogP contribution is -2.33. The molecule has 20 heavy (non-hydrogen) atoms. The van der Waals surface area contributed by atoms with Gasteiger partial charge in [-0.05, 0) is 19.1 Å². The Bertz CT molecular complexity index is 925. The number of aryl methyl sites for hydroxylation is 1. The molecule has 0 spiro atoms. The average molecular weight is 270 g/mol. The van der Waals surface area contributed by atoms with Gasteiger partial charge in [-0.3, -0.25) is 19.5 Å². The van der Waals surface area contributed by atoms with Gasteiger partial charge in [0.2, 0.25) is 5.43 Å². The first kappa shape index (κ1) is 12.2. The van der Waals surface area contributed by atoms with Crippen molar-refractivity contribution in [1.82, 2.24) is 9.78 Å². The van der Waals surface area contributed by atoms with Crippen LogP contribution in [0.5, 0.6) is 5.75 Å². The lowest BCUT2D eigenvalue weighted by molar-refractivity contribution is 0.465. The van der Waals surface area contributed by atoms with Crippen molar-refractivity contribution in [3.63, 3.8) is 0 Å². The number of para-hydroxylation sites is 1. The summed E-state index contributed by atoms with van der Waals surface area (Å²) in [5, 5.41) is 12.3. The maximum atomic E-state index is 12.3. The minimum Gasteiger partial charge on any atom is -0.503 e. The minimum absolute atomic E-state index is 0.0379. The van der Waals surface area contributed by atoms with E-state index in [9.17, 15) is 19.5 Å². The number of benzene rings is 1. The van der Waals surface area contributed by atoms with Crippen molar-refractivity contribution in [1.29, 1.82) is 0 Å². The maximum absolute atomic E-state index is 12.3. The molecule has 0 radical (unpaired) electrons. The Hall–Kier alpha value is -2.89. The van der Waals surface area contributed by atoms with E-state index in [0.29, 0.717) is 11.4 Å². The van der Waals surface area contributed by atoms with Gasteiger partial charge >= 0.3 is 0 Å². The summed E-state index contributed by atoms with van der Waals surface area (Å²) in [5.41, 5.74) is -1.41. The lowest BCUT2D eigenvalue weighted by atomic mass is 10.0. The number of aromatic hydroxyl groups is 1. The zero-order chi connectivity index (χ0) is 14.4. The van der Waals surface area contributed by atoms with Crippen LogP contribution in [0.1, 0.15) is 5.69 Å². The Kier molecular flexibility index (Phi) is 2.47. The molecule has 0 saturated carbocycles. The third-order valence-electron chi connectivity index (χ3n) is 3.22. The van der Waals surface area contributed by atoms with E-state index in [1.807, 2.05) is 6.07 Å². The van der Waals surface area contributed by atoms with E-state index in [0.717, 1.165) is 0 Å². The summed E-state index contributed by atoms with van der Waals surface area (Å²) < 4.78 is 1.26. The second-order valence-corrected chi connectivity index (χ2v) is 4.47. The van der Waals surface area contributed by atoms with Crippen LogP contribution in [0, 0.1) is 6.92 Å². The van der Waals surface area contributed by atoms with Crippen molar-refractivity contribution in [2.24, 2.45) is 0 Å². The molecule has 1 heterocycles. The first-order chi connectivity index (χ1) is 9.52. The molecule has 3 aromatic rings. The normalized spacial score (nSPS) is 11.1. The molecule has 0 saturated heterocycles. The van der Waals surface area contributed by atoms with E-state index in [1.165, 1.54) is 4.68 Å². The summed E-state index contributed by atoms with van der Waals surface area (Å²) in [6.45, 7) is 1.60. The molecule has 3 rings (SSSR count).